The summed E-state index contributed by atoms with van der Waals surface area (Å²) in [7, 11) is 0. The number of fused-ring (bicyclic) bond motifs is 3. The van der Waals surface area contributed by atoms with E-state index in [4.69, 9.17) is 4.74 Å². The fourth-order valence-electron chi connectivity index (χ4n) is 4.21. The van der Waals surface area contributed by atoms with Gasteiger partial charge in [0.2, 0.25) is 0 Å². The lowest BCUT2D eigenvalue weighted by Gasteiger charge is -2.42. The molecular formula is C20H31NO. The highest BCUT2D eigenvalue weighted by Gasteiger charge is 2.38. The first-order valence-corrected chi connectivity index (χ1v) is 9.24. The van der Waals surface area contributed by atoms with Gasteiger partial charge < -0.3 is 10.1 Å². The maximum Gasteiger partial charge on any atom is 0.0723 e. The fourth-order valence-corrected chi connectivity index (χ4v) is 4.21. The molecule has 3 rings (SSSR count). The molecule has 22 heavy (non-hydrogen) atoms. The molecule has 3 atom stereocenters. The van der Waals surface area contributed by atoms with Gasteiger partial charge in [0.1, 0.15) is 0 Å². The number of rotatable bonds is 6. The summed E-state index contributed by atoms with van der Waals surface area (Å²) in [5, 5.41) is 3.86. The minimum absolute atomic E-state index is 0.428. The van der Waals surface area contributed by atoms with Crippen LogP contribution in [0.4, 0.5) is 0 Å². The molecule has 2 aliphatic rings. The molecule has 1 heterocycles. The Labute approximate surface area is 135 Å². The molecule has 0 unspecified atom stereocenters. The number of hydrogen-bond acceptors (Lipinski definition) is 2. The van der Waals surface area contributed by atoms with Crippen LogP contribution < -0.4 is 5.32 Å². The van der Waals surface area contributed by atoms with Crippen molar-refractivity contribution in [3.05, 3.63) is 34.9 Å². The van der Waals surface area contributed by atoms with E-state index in [9.17, 15) is 0 Å². The first-order valence-electron chi connectivity index (χ1n) is 9.24. The second kappa shape index (κ2) is 7.61. The van der Waals surface area contributed by atoms with Crippen LogP contribution in [0.15, 0.2) is 18.2 Å². The summed E-state index contributed by atoms with van der Waals surface area (Å²) in [5.41, 5.74) is 4.31. The van der Waals surface area contributed by atoms with E-state index in [1.165, 1.54) is 56.1 Å². The Bertz CT molecular complexity index is 485. The number of ether oxygens (including phenoxy) is 1. The monoisotopic (exact) mass is 301 g/mol. The summed E-state index contributed by atoms with van der Waals surface area (Å²) in [6, 6.07) is 7.55. The van der Waals surface area contributed by atoms with Crippen molar-refractivity contribution in [2.75, 3.05) is 6.54 Å². The Morgan fingerprint density at radius 2 is 2.09 bits per heavy atom. The summed E-state index contributed by atoms with van der Waals surface area (Å²) in [5.74, 6) is 0.560. The molecule has 2 heteroatoms. The van der Waals surface area contributed by atoms with Crippen LogP contribution >= 0.6 is 0 Å². The zero-order chi connectivity index (χ0) is 15.4. The Balaban J connectivity index is 1.67. The van der Waals surface area contributed by atoms with Crippen LogP contribution in [0.2, 0.25) is 0 Å². The highest BCUT2D eigenvalue weighted by atomic mass is 16.5. The van der Waals surface area contributed by atoms with Gasteiger partial charge >= 0.3 is 0 Å². The summed E-state index contributed by atoms with van der Waals surface area (Å²) in [4.78, 5) is 0. The molecule has 0 amide bonds. The second-order valence-electron chi connectivity index (χ2n) is 7.13. The van der Waals surface area contributed by atoms with Crippen molar-refractivity contribution >= 4 is 0 Å². The molecule has 122 valence electrons. The van der Waals surface area contributed by atoms with E-state index < -0.39 is 0 Å². The molecule has 1 N–H and O–H groups in total. The van der Waals surface area contributed by atoms with Crippen LogP contribution in [0.5, 0.6) is 0 Å². The van der Waals surface area contributed by atoms with Crippen molar-refractivity contribution in [2.45, 2.75) is 83.5 Å². The first kappa shape index (κ1) is 16.0. The summed E-state index contributed by atoms with van der Waals surface area (Å²) in [6.45, 7) is 6.42. The van der Waals surface area contributed by atoms with E-state index in [1.54, 1.807) is 5.56 Å². The second-order valence-corrected chi connectivity index (χ2v) is 7.13. The van der Waals surface area contributed by atoms with Gasteiger partial charge in [-0.15, -0.1) is 0 Å². The molecule has 0 aromatic heterocycles. The molecule has 1 fully saturated rings. The van der Waals surface area contributed by atoms with Crippen molar-refractivity contribution in [1.82, 2.24) is 5.32 Å². The van der Waals surface area contributed by atoms with E-state index in [1.807, 2.05) is 0 Å². The Morgan fingerprint density at radius 1 is 1.18 bits per heavy atom. The van der Waals surface area contributed by atoms with Crippen LogP contribution in [0.3, 0.4) is 0 Å². The van der Waals surface area contributed by atoms with Crippen LogP contribution in [0.25, 0.3) is 0 Å². The van der Waals surface area contributed by atoms with Crippen molar-refractivity contribution in [2.24, 2.45) is 0 Å². The molecule has 1 aliphatic heterocycles. The summed E-state index contributed by atoms with van der Waals surface area (Å²) < 4.78 is 6.20. The molecule has 0 spiro atoms. The molecule has 2 nitrogen and oxygen atoms in total. The number of hydrogen-bond donors (Lipinski definition) is 1. The molecule has 0 radical (unpaired) electrons. The van der Waals surface area contributed by atoms with E-state index in [0.717, 1.165) is 13.2 Å². The van der Waals surface area contributed by atoms with Gasteiger partial charge in [0, 0.05) is 12.0 Å². The SMILES string of the molecule is CCCCCCN[C@@H]1CCC[C@H]2OCc3cc(C)ccc3[C@@H]12. The molecule has 1 aliphatic carbocycles. The van der Waals surface area contributed by atoms with Crippen LogP contribution in [-0.2, 0) is 11.3 Å². The number of nitrogens with one attached hydrogen (secondary N) is 1. The minimum Gasteiger partial charge on any atom is -0.373 e. The molecule has 0 bridgehead atoms. The van der Waals surface area contributed by atoms with Gasteiger partial charge in [0.25, 0.3) is 0 Å². The van der Waals surface area contributed by atoms with Crippen molar-refractivity contribution in [3.63, 3.8) is 0 Å². The quantitative estimate of drug-likeness (QED) is 0.769. The van der Waals surface area contributed by atoms with E-state index >= 15 is 0 Å². The third kappa shape index (κ3) is 3.55. The van der Waals surface area contributed by atoms with Gasteiger partial charge in [-0.25, -0.2) is 0 Å². The first-order chi connectivity index (χ1) is 10.8. The lowest BCUT2D eigenvalue weighted by Crippen LogP contribution is -2.46. The number of benzene rings is 1. The lowest BCUT2D eigenvalue weighted by atomic mass is 9.74. The summed E-state index contributed by atoms with van der Waals surface area (Å²) in [6.07, 6.45) is 9.60. The van der Waals surface area contributed by atoms with Crippen molar-refractivity contribution < 1.29 is 4.74 Å². The van der Waals surface area contributed by atoms with Gasteiger partial charge in [0.05, 0.1) is 12.7 Å². The lowest BCUT2D eigenvalue weighted by molar-refractivity contribution is -0.0218. The molecule has 1 saturated carbocycles. The number of aryl methyl sites for hydroxylation is 1. The standard InChI is InChI=1S/C20H31NO/c1-3-4-5-6-12-21-18-8-7-9-19-20(18)17-11-10-15(2)13-16(17)14-22-19/h10-11,13,18-21H,3-9,12,14H2,1-2H3/t18-,19-,20+/m1/s1. The van der Waals surface area contributed by atoms with E-state index in [2.05, 4.69) is 37.4 Å². The smallest absolute Gasteiger partial charge is 0.0723 e. The van der Waals surface area contributed by atoms with Gasteiger partial charge in [-0.05, 0) is 50.3 Å². The molecule has 1 aromatic rings. The van der Waals surface area contributed by atoms with Gasteiger partial charge in [0.15, 0.2) is 0 Å². The largest absolute Gasteiger partial charge is 0.373 e. The topological polar surface area (TPSA) is 21.3 Å². The third-order valence-electron chi connectivity index (χ3n) is 5.39. The molecule has 0 saturated heterocycles. The maximum atomic E-state index is 6.20. The number of unbranched alkanes of at least 4 members (excludes halogenated alkanes) is 3. The zero-order valence-corrected chi connectivity index (χ0v) is 14.2. The van der Waals surface area contributed by atoms with Crippen LogP contribution in [0.1, 0.15) is 74.5 Å². The fraction of sp³-hybridized carbons (Fsp3) is 0.700. The Hall–Kier alpha value is -0.860. The van der Waals surface area contributed by atoms with Crippen LogP contribution in [0, 0.1) is 6.92 Å². The average molecular weight is 301 g/mol. The normalized spacial score (nSPS) is 27.3. The predicted octanol–water partition coefficient (Wildman–Crippen LogP) is 4.70. The Morgan fingerprint density at radius 3 is 2.95 bits per heavy atom. The minimum atomic E-state index is 0.428. The van der Waals surface area contributed by atoms with Gasteiger partial charge in [-0.3, -0.25) is 0 Å². The third-order valence-corrected chi connectivity index (χ3v) is 5.39. The Kier molecular flexibility index (Phi) is 5.54. The molecule has 1 aromatic carbocycles. The molecular weight excluding hydrogens is 270 g/mol. The predicted molar refractivity (Wildman–Crippen MR) is 92.3 cm³/mol. The van der Waals surface area contributed by atoms with E-state index in [0.29, 0.717) is 18.1 Å². The van der Waals surface area contributed by atoms with Gasteiger partial charge in [-0.2, -0.15) is 0 Å². The highest BCUT2D eigenvalue weighted by Crippen LogP contribution is 2.41. The van der Waals surface area contributed by atoms with Gasteiger partial charge in [-0.1, -0.05) is 49.9 Å². The van der Waals surface area contributed by atoms with Crippen LogP contribution in [-0.4, -0.2) is 18.7 Å². The highest BCUT2D eigenvalue weighted by molar-refractivity contribution is 5.37. The van der Waals surface area contributed by atoms with Crippen molar-refractivity contribution in [3.8, 4) is 0 Å². The van der Waals surface area contributed by atoms with E-state index in [-0.39, 0.29) is 0 Å². The summed E-state index contributed by atoms with van der Waals surface area (Å²) >= 11 is 0. The van der Waals surface area contributed by atoms with Crippen molar-refractivity contribution in [1.29, 1.82) is 0 Å². The maximum absolute atomic E-state index is 6.20. The average Bonchev–Trinajstić information content (AvgIpc) is 2.54. The zero-order valence-electron chi connectivity index (χ0n) is 14.2.